The van der Waals surface area contributed by atoms with E-state index >= 15 is 0 Å². The maximum Gasteiger partial charge on any atom is 0.310 e. The minimum Gasteiger partial charge on any atom is -0.481 e. The molecule has 6 heteroatoms. The molecule has 1 aromatic heterocycles. The first kappa shape index (κ1) is 15.7. The van der Waals surface area contributed by atoms with Gasteiger partial charge in [-0.15, -0.1) is 0 Å². The molecule has 2 aromatic carbocycles. The van der Waals surface area contributed by atoms with Crippen molar-refractivity contribution in [1.82, 2.24) is 4.98 Å². The van der Waals surface area contributed by atoms with E-state index in [4.69, 9.17) is 9.52 Å². The monoisotopic (exact) mass is 375 g/mol. The lowest BCUT2D eigenvalue weighted by Gasteiger charge is -2.06. The second kappa shape index (κ2) is 6.14. The quantitative estimate of drug-likeness (QED) is 0.723. The van der Waals surface area contributed by atoms with E-state index in [1.807, 2.05) is 12.1 Å². The van der Waals surface area contributed by atoms with E-state index in [0.717, 1.165) is 4.47 Å². The van der Waals surface area contributed by atoms with Crippen molar-refractivity contribution in [3.63, 3.8) is 0 Å². The van der Waals surface area contributed by atoms with E-state index in [1.54, 1.807) is 37.3 Å². The number of benzene rings is 2. The topological polar surface area (TPSA) is 83.6 Å². The van der Waals surface area contributed by atoms with Crippen LogP contribution in [0.2, 0.25) is 0 Å². The van der Waals surface area contributed by atoms with Gasteiger partial charge in [-0.2, -0.15) is 0 Å². The molecule has 5 nitrogen and oxygen atoms in total. The normalized spacial score (nSPS) is 13.9. The third kappa shape index (κ3) is 3.13. The van der Waals surface area contributed by atoms with Crippen molar-refractivity contribution in [2.24, 2.45) is 0 Å². The van der Waals surface area contributed by atoms with Crippen LogP contribution in [0.4, 0.5) is 0 Å². The van der Waals surface area contributed by atoms with Crippen LogP contribution < -0.4 is 0 Å². The summed E-state index contributed by atoms with van der Waals surface area (Å²) in [7, 11) is 0. The van der Waals surface area contributed by atoms with Gasteiger partial charge in [0.1, 0.15) is 5.52 Å². The Morgan fingerprint density at radius 2 is 1.83 bits per heavy atom. The van der Waals surface area contributed by atoms with Gasteiger partial charge in [0.15, 0.2) is 11.7 Å². The number of aromatic nitrogens is 1. The summed E-state index contributed by atoms with van der Waals surface area (Å²) in [6.07, 6.45) is -0.976. The van der Waals surface area contributed by atoms with Crippen LogP contribution >= 0.6 is 15.9 Å². The largest absolute Gasteiger partial charge is 0.481 e. The van der Waals surface area contributed by atoms with Crippen molar-refractivity contribution in [1.29, 1.82) is 0 Å². The Morgan fingerprint density at radius 3 is 2.48 bits per heavy atom. The molecule has 0 fully saturated rings. The van der Waals surface area contributed by atoms with E-state index in [-0.39, 0.29) is 5.89 Å². The lowest BCUT2D eigenvalue weighted by atomic mass is 10.0. The summed E-state index contributed by atoms with van der Waals surface area (Å²) >= 11 is 3.34. The zero-order chi connectivity index (χ0) is 16.6. The molecule has 3 rings (SSSR count). The predicted octanol–water partition coefficient (Wildman–Crippen LogP) is 3.86. The number of aliphatic carboxylic acids is 1. The first-order valence-corrected chi connectivity index (χ1v) is 7.81. The van der Waals surface area contributed by atoms with E-state index in [0.29, 0.717) is 22.2 Å². The zero-order valence-electron chi connectivity index (χ0n) is 12.2. The summed E-state index contributed by atoms with van der Waals surface area (Å²) in [6.45, 7) is 1.61. The molecule has 1 heterocycles. The molecule has 2 atom stereocenters. The SMILES string of the molecule is CC(C(=O)O)c1ccc2oc(C(O)c3ccc(Br)cc3)nc2c1. The van der Waals surface area contributed by atoms with Gasteiger partial charge in [0.25, 0.3) is 0 Å². The van der Waals surface area contributed by atoms with E-state index in [1.165, 1.54) is 0 Å². The highest BCUT2D eigenvalue weighted by Crippen LogP contribution is 2.28. The van der Waals surface area contributed by atoms with Gasteiger partial charge in [-0.05, 0) is 42.3 Å². The van der Waals surface area contributed by atoms with E-state index in [9.17, 15) is 9.90 Å². The highest BCUT2D eigenvalue weighted by Gasteiger charge is 2.19. The van der Waals surface area contributed by atoms with Gasteiger partial charge in [-0.1, -0.05) is 34.1 Å². The summed E-state index contributed by atoms with van der Waals surface area (Å²) < 4.78 is 6.50. The second-order valence-electron chi connectivity index (χ2n) is 5.29. The van der Waals surface area contributed by atoms with Crippen LogP contribution in [-0.2, 0) is 4.79 Å². The third-order valence-corrected chi connectivity index (χ3v) is 4.25. The molecule has 0 spiro atoms. The summed E-state index contributed by atoms with van der Waals surface area (Å²) in [4.78, 5) is 15.4. The van der Waals surface area contributed by atoms with Gasteiger partial charge in [0.2, 0.25) is 5.89 Å². The molecule has 3 aromatic rings. The van der Waals surface area contributed by atoms with Gasteiger partial charge in [-0.3, -0.25) is 4.79 Å². The first-order valence-electron chi connectivity index (χ1n) is 7.02. The van der Waals surface area contributed by atoms with Crippen LogP contribution in [-0.4, -0.2) is 21.2 Å². The van der Waals surface area contributed by atoms with Crippen molar-refractivity contribution in [2.45, 2.75) is 18.9 Å². The molecular formula is C17H14BrNO4. The number of halogens is 1. The van der Waals surface area contributed by atoms with Crippen LogP contribution in [0.15, 0.2) is 51.4 Å². The van der Waals surface area contributed by atoms with Crippen molar-refractivity contribution in [3.8, 4) is 0 Å². The third-order valence-electron chi connectivity index (χ3n) is 3.72. The number of carboxylic acid groups (broad SMARTS) is 1. The molecule has 118 valence electrons. The van der Waals surface area contributed by atoms with Gasteiger partial charge >= 0.3 is 5.97 Å². The second-order valence-corrected chi connectivity index (χ2v) is 6.21. The summed E-state index contributed by atoms with van der Waals surface area (Å²) in [5.74, 6) is -1.35. The van der Waals surface area contributed by atoms with Crippen molar-refractivity contribution in [2.75, 3.05) is 0 Å². The minimum absolute atomic E-state index is 0.183. The molecule has 0 amide bonds. The van der Waals surface area contributed by atoms with Crippen LogP contribution in [0.3, 0.4) is 0 Å². The molecule has 0 aliphatic heterocycles. The van der Waals surface area contributed by atoms with Crippen LogP contribution in [0.1, 0.15) is 36.0 Å². The smallest absolute Gasteiger partial charge is 0.310 e. The molecule has 0 saturated heterocycles. The number of hydrogen-bond acceptors (Lipinski definition) is 4. The van der Waals surface area contributed by atoms with Crippen LogP contribution in [0.5, 0.6) is 0 Å². The molecule has 0 aliphatic rings. The number of nitrogens with zero attached hydrogens (tertiary/aromatic N) is 1. The maximum atomic E-state index is 11.1. The number of oxazole rings is 1. The summed E-state index contributed by atoms with van der Waals surface area (Å²) in [5, 5.41) is 19.5. The molecule has 0 radical (unpaired) electrons. The zero-order valence-corrected chi connectivity index (χ0v) is 13.8. The Balaban J connectivity index is 1.96. The maximum absolute atomic E-state index is 11.1. The number of fused-ring (bicyclic) bond motifs is 1. The lowest BCUT2D eigenvalue weighted by molar-refractivity contribution is -0.138. The van der Waals surface area contributed by atoms with Gasteiger partial charge in [-0.25, -0.2) is 4.98 Å². The number of hydrogen-bond donors (Lipinski definition) is 2. The van der Waals surface area contributed by atoms with Gasteiger partial charge in [0.05, 0.1) is 5.92 Å². The number of carboxylic acids is 1. The fourth-order valence-electron chi connectivity index (χ4n) is 2.28. The average molecular weight is 376 g/mol. The Labute approximate surface area is 140 Å². The molecule has 0 saturated carbocycles. The van der Waals surface area contributed by atoms with E-state index < -0.39 is 18.0 Å². The Hall–Kier alpha value is -2.18. The Bertz CT molecular complexity index is 857. The number of aliphatic hydroxyl groups excluding tert-OH is 1. The highest BCUT2D eigenvalue weighted by atomic mass is 79.9. The first-order chi connectivity index (χ1) is 11.0. The highest BCUT2D eigenvalue weighted by molar-refractivity contribution is 9.10. The van der Waals surface area contributed by atoms with Crippen LogP contribution in [0, 0.1) is 0 Å². The van der Waals surface area contributed by atoms with Crippen LogP contribution in [0.25, 0.3) is 11.1 Å². The lowest BCUT2D eigenvalue weighted by Crippen LogP contribution is -2.06. The number of aliphatic hydroxyl groups is 1. The minimum atomic E-state index is -0.976. The fourth-order valence-corrected chi connectivity index (χ4v) is 2.54. The predicted molar refractivity (Wildman–Crippen MR) is 88.3 cm³/mol. The molecule has 23 heavy (non-hydrogen) atoms. The van der Waals surface area contributed by atoms with Crippen molar-refractivity contribution < 1.29 is 19.4 Å². The molecule has 2 unspecified atom stereocenters. The summed E-state index contributed by atoms with van der Waals surface area (Å²) in [6, 6.07) is 12.3. The molecule has 0 bridgehead atoms. The van der Waals surface area contributed by atoms with Crippen molar-refractivity contribution >= 4 is 33.0 Å². The van der Waals surface area contributed by atoms with Gasteiger partial charge < -0.3 is 14.6 Å². The van der Waals surface area contributed by atoms with E-state index in [2.05, 4.69) is 20.9 Å². The number of carbonyl (C=O) groups is 1. The van der Waals surface area contributed by atoms with Gasteiger partial charge in [0, 0.05) is 4.47 Å². The molecule has 0 aliphatic carbocycles. The van der Waals surface area contributed by atoms with Crippen molar-refractivity contribution in [3.05, 3.63) is 64.0 Å². The number of rotatable bonds is 4. The Morgan fingerprint density at radius 1 is 1.17 bits per heavy atom. The molecular weight excluding hydrogens is 362 g/mol. The standard InChI is InChI=1S/C17H14BrNO4/c1-9(17(21)22)11-4-7-14-13(8-11)19-16(23-14)15(20)10-2-5-12(18)6-3-10/h2-9,15,20H,1H3,(H,21,22). The summed E-state index contributed by atoms with van der Waals surface area (Å²) in [5.41, 5.74) is 2.35. The fraction of sp³-hybridized carbons (Fsp3) is 0.176. The average Bonchev–Trinajstić information content (AvgIpc) is 2.97. The Kier molecular flexibility index (Phi) is 4.19. The molecule has 2 N–H and O–H groups in total.